The maximum Gasteiger partial charge on any atom is 0.185 e. The van der Waals surface area contributed by atoms with E-state index in [2.05, 4.69) is 0 Å². The fourth-order valence-electron chi connectivity index (χ4n) is 2.05. The van der Waals surface area contributed by atoms with Crippen LogP contribution in [0.15, 0.2) is 54.6 Å². The molecule has 3 rings (SSSR count). The van der Waals surface area contributed by atoms with Crippen LogP contribution in [0.4, 0.5) is 0 Å². The second-order valence-corrected chi connectivity index (χ2v) is 5.26. The first-order valence-electron chi connectivity index (χ1n) is 7.45. The molecular weight excluding hydrogens is 292 g/mol. The molecule has 0 aliphatic carbocycles. The molecule has 0 amide bonds. The summed E-state index contributed by atoms with van der Waals surface area (Å²) in [6.45, 7) is 1.33. The molecule has 0 saturated carbocycles. The molecule has 0 radical (unpaired) electrons. The normalized spacial score (nSPS) is 16.3. The fourth-order valence-corrected chi connectivity index (χ4v) is 2.05. The lowest BCUT2D eigenvalue weighted by Crippen LogP contribution is -2.04. The van der Waals surface area contributed by atoms with Crippen molar-refractivity contribution in [2.24, 2.45) is 0 Å². The van der Waals surface area contributed by atoms with E-state index in [1.165, 1.54) is 0 Å². The Morgan fingerprint density at radius 3 is 2.39 bits per heavy atom. The second kappa shape index (κ2) is 7.11. The van der Waals surface area contributed by atoms with E-state index in [0.717, 1.165) is 23.7 Å². The van der Waals surface area contributed by atoms with Crippen LogP contribution in [0.1, 0.15) is 15.9 Å². The Morgan fingerprint density at radius 1 is 1.13 bits per heavy atom. The van der Waals surface area contributed by atoms with Crippen molar-refractivity contribution >= 4 is 11.9 Å². The van der Waals surface area contributed by atoms with Gasteiger partial charge in [0.15, 0.2) is 5.78 Å². The van der Waals surface area contributed by atoms with Crippen LogP contribution < -0.4 is 9.47 Å². The first-order valence-corrected chi connectivity index (χ1v) is 7.45. The van der Waals surface area contributed by atoms with Gasteiger partial charge < -0.3 is 14.2 Å². The summed E-state index contributed by atoms with van der Waals surface area (Å²) in [7, 11) is 1.62. The minimum absolute atomic E-state index is 0.0436. The number of rotatable bonds is 7. The molecule has 1 atom stereocenters. The van der Waals surface area contributed by atoms with E-state index in [0.29, 0.717) is 12.2 Å². The summed E-state index contributed by atoms with van der Waals surface area (Å²) in [5.74, 6) is 1.50. The Kier molecular flexibility index (Phi) is 4.74. The van der Waals surface area contributed by atoms with Crippen molar-refractivity contribution in [3.05, 3.63) is 65.7 Å². The van der Waals surface area contributed by atoms with Crippen LogP contribution in [-0.2, 0) is 4.74 Å². The van der Waals surface area contributed by atoms with Crippen LogP contribution in [0.2, 0.25) is 0 Å². The number of methoxy groups -OCH3 is 1. The van der Waals surface area contributed by atoms with Crippen LogP contribution in [0.5, 0.6) is 11.5 Å². The molecule has 0 spiro atoms. The zero-order chi connectivity index (χ0) is 16.1. The molecule has 0 N–H and O–H groups in total. The third-order valence-electron chi connectivity index (χ3n) is 3.52. The summed E-state index contributed by atoms with van der Waals surface area (Å²) in [5.41, 5.74) is 1.58. The monoisotopic (exact) mass is 310 g/mol. The highest BCUT2D eigenvalue weighted by atomic mass is 16.6. The molecule has 1 saturated heterocycles. The molecule has 1 fully saturated rings. The third-order valence-corrected chi connectivity index (χ3v) is 3.52. The van der Waals surface area contributed by atoms with Gasteiger partial charge in [-0.25, -0.2) is 0 Å². The van der Waals surface area contributed by atoms with Gasteiger partial charge in [-0.3, -0.25) is 4.79 Å². The molecule has 1 aliphatic rings. The Hall–Kier alpha value is -2.59. The number of allylic oxidation sites excluding steroid dienone is 1. The van der Waals surface area contributed by atoms with Crippen molar-refractivity contribution in [3.8, 4) is 11.5 Å². The molecule has 118 valence electrons. The highest BCUT2D eigenvalue weighted by molar-refractivity contribution is 6.06. The number of benzene rings is 2. The number of hydrogen-bond donors (Lipinski definition) is 0. The molecule has 0 aromatic heterocycles. The van der Waals surface area contributed by atoms with Gasteiger partial charge in [0.05, 0.1) is 13.7 Å². The molecule has 23 heavy (non-hydrogen) atoms. The van der Waals surface area contributed by atoms with Gasteiger partial charge in [-0.1, -0.05) is 18.2 Å². The zero-order valence-electron chi connectivity index (χ0n) is 12.9. The van der Waals surface area contributed by atoms with E-state index in [1.807, 2.05) is 24.3 Å². The molecule has 1 heterocycles. The average molecular weight is 310 g/mol. The second-order valence-electron chi connectivity index (χ2n) is 5.26. The maximum atomic E-state index is 12.2. The van der Waals surface area contributed by atoms with Gasteiger partial charge in [-0.05, 0) is 48.0 Å². The van der Waals surface area contributed by atoms with Crippen molar-refractivity contribution in [2.45, 2.75) is 6.10 Å². The van der Waals surface area contributed by atoms with E-state index in [-0.39, 0.29) is 11.9 Å². The molecular formula is C19H18O4. The van der Waals surface area contributed by atoms with Crippen LogP contribution >= 0.6 is 0 Å². The van der Waals surface area contributed by atoms with Crippen molar-refractivity contribution in [3.63, 3.8) is 0 Å². The summed E-state index contributed by atoms with van der Waals surface area (Å²) < 4.78 is 15.7. The van der Waals surface area contributed by atoms with Gasteiger partial charge in [-0.15, -0.1) is 0 Å². The SMILES string of the molecule is COc1ccc(/C=C/C(=O)c2ccc(OCC3CO3)cc2)cc1. The van der Waals surface area contributed by atoms with Crippen molar-refractivity contribution in [1.82, 2.24) is 0 Å². The lowest BCUT2D eigenvalue weighted by Gasteiger charge is -2.04. The predicted octanol–water partition coefficient (Wildman–Crippen LogP) is 3.37. The topological polar surface area (TPSA) is 48.1 Å². The van der Waals surface area contributed by atoms with Crippen LogP contribution in [-0.4, -0.2) is 32.2 Å². The summed E-state index contributed by atoms with van der Waals surface area (Å²) in [5, 5.41) is 0. The van der Waals surface area contributed by atoms with E-state index < -0.39 is 0 Å². The van der Waals surface area contributed by atoms with Gasteiger partial charge in [0.1, 0.15) is 24.2 Å². The van der Waals surface area contributed by atoms with Crippen LogP contribution in [0.3, 0.4) is 0 Å². The van der Waals surface area contributed by atoms with Crippen molar-refractivity contribution in [2.75, 3.05) is 20.3 Å². The molecule has 4 heteroatoms. The van der Waals surface area contributed by atoms with Gasteiger partial charge in [-0.2, -0.15) is 0 Å². The number of ketones is 1. The smallest absolute Gasteiger partial charge is 0.185 e. The molecule has 1 unspecified atom stereocenters. The average Bonchev–Trinajstić information content (AvgIpc) is 3.43. The third kappa shape index (κ3) is 4.44. The Labute approximate surface area is 135 Å². The lowest BCUT2D eigenvalue weighted by atomic mass is 10.1. The van der Waals surface area contributed by atoms with Crippen LogP contribution in [0.25, 0.3) is 6.08 Å². The molecule has 2 aromatic carbocycles. The summed E-state index contributed by atoms with van der Waals surface area (Å²) >= 11 is 0. The summed E-state index contributed by atoms with van der Waals surface area (Å²) in [6, 6.07) is 14.7. The Balaban J connectivity index is 1.58. The minimum Gasteiger partial charge on any atom is -0.497 e. The number of ether oxygens (including phenoxy) is 3. The van der Waals surface area contributed by atoms with Crippen molar-refractivity contribution in [1.29, 1.82) is 0 Å². The molecule has 2 aromatic rings. The molecule has 4 nitrogen and oxygen atoms in total. The standard InChI is InChI=1S/C19H18O4/c1-21-16-7-2-14(3-8-16)4-11-19(20)15-5-9-17(10-6-15)22-12-18-13-23-18/h2-11,18H,12-13H2,1H3/b11-4+. The largest absolute Gasteiger partial charge is 0.497 e. The Bertz CT molecular complexity index is 682. The van der Waals surface area contributed by atoms with E-state index >= 15 is 0 Å². The lowest BCUT2D eigenvalue weighted by molar-refractivity contribution is 0.104. The molecule has 0 bridgehead atoms. The predicted molar refractivity (Wildman–Crippen MR) is 88.0 cm³/mol. The number of epoxide rings is 1. The highest BCUT2D eigenvalue weighted by Crippen LogP contribution is 2.17. The maximum absolute atomic E-state index is 12.2. The first kappa shape index (κ1) is 15.3. The number of carbonyl (C=O) groups excluding carboxylic acids is 1. The van der Waals surface area contributed by atoms with Gasteiger partial charge >= 0.3 is 0 Å². The van der Waals surface area contributed by atoms with E-state index in [4.69, 9.17) is 14.2 Å². The van der Waals surface area contributed by atoms with Gasteiger partial charge in [0.2, 0.25) is 0 Å². The minimum atomic E-state index is -0.0436. The Morgan fingerprint density at radius 2 is 1.78 bits per heavy atom. The molecule has 1 aliphatic heterocycles. The van der Waals surface area contributed by atoms with Crippen molar-refractivity contribution < 1.29 is 19.0 Å². The van der Waals surface area contributed by atoms with Gasteiger partial charge in [0.25, 0.3) is 0 Å². The summed E-state index contributed by atoms with van der Waals surface area (Å²) in [4.78, 5) is 12.2. The van der Waals surface area contributed by atoms with Gasteiger partial charge in [0, 0.05) is 5.56 Å². The highest BCUT2D eigenvalue weighted by Gasteiger charge is 2.22. The summed E-state index contributed by atoms with van der Waals surface area (Å²) in [6.07, 6.45) is 3.58. The first-order chi connectivity index (χ1) is 11.2. The quantitative estimate of drug-likeness (QED) is 0.447. The van der Waals surface area contributed by atoms with E-state index in [9.17, 15) is 4.79 Å². The number of carbonyl (C=O) groups is 1. The van der Waals surface area contributed by atoms with E-state index in [1.54, 1.807) is 43.5 Å². The zero-order valence-corrected chi connectivity index (χ0v) is 12.9. The number of hydrogen-bond acceptors (Lipinski definition) is 4. The van der Waals surface area contributed by atoms with Crippen LogP contribution in [0, 0.1) is 0 Å². The fraction of sp³-hybridized carbons (Fsp3) is 0.211.